The van der Waals surface area contributed by atoms with E-state index in [9.17, 15) is 0 Å². The molecule has 0 saturated carbocycles. The fourth-order valence-electron chi connectivity index (χ4n) is 2.62. The first-order chi connectivity index (χ1) is 10.2. The highest BCUT2D eigenvalue weighted by atomic mass is 14.9. The Kier molecular flexibility index (Phi) is 5.54. The van der Waals surface area contributed by atoms with Crippen LogP contribution in [0.1, 0.15) is 30.9 Å². The van der Waals surface area contributed by atoms with Gasteiger partial charge in [0.25, 0.3) is 0 Å². The molecule has 0 amide bonds. The molecule has 0 aromatic heterocycles. The zero-order chi connectivity index (χ0) is 15.1. The summed E-state index contributed by atoms with van der Waals surface area (Å²) in [5.74, 6) is 0.318. The second-order valence-corrected chi connectivity index (χ2v) is 5.53. The smallest absolute Gasteiger partial charge is 0.0666 e. The van der Waals surface area contributed by atoms with Crippen LogP contribution in [0, 0.1) is 17.2 Å². The van der Waals surface area contributed by atoms with Crippen LogP contribution < -0.4 is 5.32 Å². The molecule has 1 N–H and O–H groups in total. The Bertz CT molecular complexity index is 532. The molecule has 2 aromatic rings. The predicted octanol–water partition coefficient (Wildman–Crippen LogP) is 3.96. The summed E-state index contributed by atoms with van der Waals surface area (Å²) >= 11 is 0. The van der Waals surface area contributed by atoms with Gasteiger partial charge in [0.2, 0.25) is 0 Å². The van der Waals surface area contributed by atoms with Crippen molar-refractivity contribution in [3.8, 4) is 6.07 Å². The molecule has 2 nitrogen and oxygen atoms in total. The van der Waals surface area contributed by atoms with Crippen molar-refractivity contribution in [2.75, 3.05) is 6.54 Å². The summed E-state index contributed by atoms with van der Waals surface area (Å²) in [6.45, 7) is 4.85. The van der Waals surface area contributed by atoms with Crippen LogP contribution in [0.3, 0.4) is 0 Å². The minimum Gasteiger partial charge on any atom is -0.312 e. The van der Waals surface area contributed by atoms with E-state index < -0.39 is 0 Å². The van der Waals surface area contributed by atoms with Crippen molar-refractivity contribution in [3.63, 3.8) is 0 Å². The van der Waals surface area contributed by atoms with Crippen LogP contribution in [0.4, 0.5) is 0 Å². The average Bonchev–Trinajstić information content (AvgIpc) is 2.55. The Balaban J connectivity index is 2.23. The van der Waals surface area contributed by atoms with Crippen molar-refractivity contribution in [2.45, 2.75) is 25.8 Å². The van der Waals surface area contributed by atoms with Gasteiger partial charge in [-0.2, -0.15) is 5.26 Å². The molecular formula is C19H22N2. The summed E-state index contributed by atoms with van der Waals surface area (Å²) in [6, 6.07) is 23.6. The Morgan fingerprint density at radius 2 is 1.38 bits per heavy atom. The van der Waals surface area contributed by atoms with E-state index in [1.54, 1.807) is 0 Å². The van der Waals surface area contributed by atoms with Crippen molar-refractivity contribution < 1.29 is 0 Å². The average molecular weight is 278 g/mol. The summed E-state index contributed by atoms with van der Waals surface area (Å²) in [5, 5.41) is 12.4. The van der Waals surface area contributed by atoms with Gasteiger partial charge < -0.3 is 5.32 Å². The molecule has 2 unspecified atom stereocenters. The number of hydrogen-bond donors (Lipinski definition) is 1. The molecule has 2 heteroatoms. The van der Waals surface area contributed by atoms with Crippen LogP contribution in [0.5, 0.6) is 0 Å². The van der Waals surface area contributed by atoms with Crippen LogP contribution in [0.25, 0.3) is 0 Å². The summed E-state index contributed by atoms with van der Waals surface area (Å²) in [5.41, 5.74) is 2.60. The quantitative estimate of drug-likeness (QED) is 0.868. The maximum absolute atomic E-state index is 8.93. The highest BCUT2D eigenvalue weighted by Crippen LogP contribution is 2.27. The molecule has 0 aliphatic rings. The molecular weight excluding hydrogens is 256 g/mol. The van der Waals surface area contributed by atoms with Crippen molar-refractivity contribution in [1.29, 1.82) is 5.26 Å². The van der Waals surface area contributed by atoms with Gasteiger partial charge in [-0.1, -0.05) is 60.7 Å². The fourth-order valence-corrected chi connectivity index (χ4v) is 2.62. The molecule has 2 aromatic carbocycles. The first kappa shape index (κ1) is 15.3. The maximum atomic E-state index is 8.93. The van der Waals surface area contributed by atoms with Gasteiger partial charge in [0.1, 0.15) is 0 Å². The van der Waals surface area contributed by atoms with E-state index in [2.05, 4.69) is 66.8 Å². The van der Waals surface area contributed by atoms with Gasteiger partial charge in [0.15, 0.2) is 0 Å². The molecule has 0 heterocycles. The van der Waals surface area contributed by atoms with Crippen molar-refractivity contribution in [1.82, 2.24) is 5.32 Å². The summed E-state index contributed by atoms with van der Waals surface area (Å²) in [4.78, 5) is 0. The lowest BCUT2D eigenvalue weighted by Gasteiger charge is -2.26. The van der Waals surface area contributed by atoms with E-state index >= 15 is 0 Å². The van der Waals surface area contributed by atoms with E-state index in [1.807, 2.05) is 19.1 Å². The third-order valence-electron chi connectivity index (χ3n) is 3.78. The second-order valence-electron chi connectivity index (χ2n) is 5.53. The number of rotatable bonds is 6. The normalized spacial score (nSPS) is 13.6. The van der Waals surface area contributed by atoms with E-state index in [0.717, 1.165) is 0 Å². The summed E-state index contributed by atoms with van der Waals surface area (Å²) in [6.07, 6.45) is 0. The zero-order valence-corrected chi connectivity index (χ0v) is 12.7. The lowest BCUT2D eigenvalue weighted by Crippen LogP contribution is -2.35. The number of hydrogen-bond acceptors (Lipinski definition) is 2. The third-order valence-corrected chi connectivity index (χ3v) is 3.78. The molecule has 108 valence electrons. The van der Waals surface area contributed by atoms with Crippen LogP contribution in [-0.2, 0) is 0 Å². The van der Waals surface area contributed by atoms with E-state index in [-0.39, 0.29) is 12.0 Å². The Hall–Kier alpha value is -2.11. The molecule has 2 atom stereocenters. The highest BCUT2D eigenvalue weighted by molar-refractivity contribution is 5.34. The highest BCUT2D eigenvalue weighted by Gasteiger charge is 2.21. The molecule has 0 aliphatic heterocycles. The molecule has 0 fully saturated rings. The van der Waals surface area contributed by atoms with Gasteiger partial charge in [-0.15, -0.1) is 0 Å². The summed E-state index contributed by atoms with van der Waals surface area (Å²) in [7, 11) is 0. The van der Waals surface area contributed by atoms with Crippen LogP contribution in [0.15, 0.2) is 60.7 Å². The largest absolute Gasteiger partial charge is 0.312 e. The first-order valence-electron chi connectivity index (χ1n) is 7.45. The maximum Gasteiger partial charge on any atom is 0.0666 e. The number of nitrogens with one attached hydrogen (secondary N) is 1. The number of nitrogens with zero attached hydrogens (tertiary/aromatic N) is 1. The minimum absolute atomic E-state index is 0.0275. The molecule has 2 rings (SSSR count). The van der Waals surface area contributed by atoms with Gasteiger partial charge in [-0.25, -0.2) is 0 Å². The van der Waals surface area contributed by atoms with Crippen LogP contribution in [-0.4, -0.2) is 12.6 Å². The topological polar surface area (TPSA) is 35.8 Å². The van der Waals surface area contributed by atoms with E-state index in [4.69, 9.17) is 5.26 Å². The van der Waals surface area contributed by atoms with E-state index in [0.29, 0.717) is 12.5 Å². The van der Waals surface area contributed by atoms with Crippen LogP contribution >= 0.6 is 0 Å². The lowest BCUT2D eigenvalue weighted by atomic mass is 9.85. The number of benzene rings is 2. The van der Waals surface area contributed by atoms with Gasteiger partial charge in [-0.05, 0) is 25.0 Å². The minimum atomic E-state index is 0.0275. The molecule has 0 saturated heterocycles. The van der Waals surface area contributed by atoms with Crippen molar-refractivity contribution >= 4 is 0 Å². The van der Waals surface area contributed by atoms with Crippen molar-refractivity contribution in [3.05, 3.63) is 71.8 Å². The van der Waals surface area contributed by atoms with Gasteiger partial charge >= 0.3 is 0 Å². The molecule has 0 bridgehead atoms. The van der Waals surface area contributed by atoms with Crippen molar-refractivity contribution in [2.24, 2.45) is 5.92 Å². The zero-order valence-electron chi connectivity index (χ0n) is 12.7. The molecule has 0 spiro atoms. The Labute approximate surface area is 127 Å². The van der Waals surface area contributed by atoms with Gasteiger partial charge in [0.05, 0.1) is 12.0 Å². The third kappa shape index (κ3) is 4.18. The summed E-state index contributed by atoms with van der Waals surface area (Å²) < 4.78 is 0. The molecule has 0 radical (unpaired) electrons. The first-order valence-corrected chi connectivity index (χ1v) is 7.45. The SMILES string of the molecule is CC(C#N)CNC(C)C(c1ccccc1)c1ccccc1. The van der Waals surface area contributed by atoms with Crippen LogP contribution in [0.2, 0.25) is 0 Å². The molecule has 21 heavy (non-hydrogen) atoms. The monoisotopic (exact) mass is 278 g/mol. The second kappa shape index (κ2) is 7.61. The Morgan fingerprint density at radius 1 is 0.905 bits per heavy atom. The molecule has 0 aliphatic carbocycles. The van der Waals surface area contributed by atoms with E-state index in [1.165, 1.54) is 11.1 Å². The Morgan fingerprint density at radius 3 is 1.81 bits per heavy atom. The van der Waals surface area contributed by atoms with Gasteiger partial charge in [0, 0.05) is 18.5 Å². The lowest BCUT2D eigenvalue weighted by molar-refractivity contribution is 0.473. The predicted molar refractivity (Wildman–Crippen MR) is 87.0 cm³/mol. The standard InChI is InChI=1S/C19H22N2/c1-15(13-20)14-21-16(2)19(17-9-5-3-6-10-17)18-11-7-4-8-12-18/h3-12,15-16,19,21H,14H2,1-2H3. The fraction of sp³-hybridized carbons (Fsp3) is 0.316. The van der Waals surface area contributed by atoms with Gasteiger partial charge in [-0.3, -0.25) is 0 Å². The number of nitriles is 1.